The van der Waals surface area contributed by atoms with E-state index < -0.39 is 11.7 Å². The van der Waals surface area contributed by atoms with Gasteiger partial charge >= 0.3 is 6.18 Å². The molecular weight excluding hydrogens is 455 g/mol. The molecule has 0 radical (unpaired) electrons. The van der Waals surface area contributed by atoms with Crippen LogP contribution in [0.5, 0.6) is 17.2 Å². The minimum atomic E-state index is -4.47. The number of hydrazone groups is 1. The molecule has 0 saturated heterocycles. The van der Waals surface area contributed by atoms with E-state index in [2.05, 4.69) is 36.1 Å². The van der Waals surface area contributed by atoms with E-state index in [0.717, 1.165) is 12.1 Å². The second-order valence-electron chi connectivity index (χ2n) is 6.59. The highest BCUT2D eigenvalue weighted by molar-refractivity contribution is 5.83. The van der Waals surface area contributed by atoms with Gasteiger partial charge in [0, 0.05) is 18.3 Å². The molecular formula is C21H22F3N7O3. The third kappa shape index (κ3) is 5.94. The van der Waals surface area contributed by atoms with E-state index in [1.807, 2.05) is 0 Å². The molecule has 0 spiro atoms. The Hall–Kier alpha value is -4.29. The predicted octanol–water partition coefficient (Wildman–Crippen LogP) is 4.15. The molecule has 180 valence electrons. The maximum Gasteiger partial charge on any atom is 0.416 e. The first-order chi connectivity index (χ1) is 16.3. The fourth-order valence-corrected chi connectivity index (χ4v) is 2.84. The molecule has 3 N–H and O–H groups in total. The van der Waals surface area contributed by atoms with Gasteiger partial charge in [0.05, 0.1) is 33.1 Å². The van der Waals surface area contributed by atoms with E-state index in [1.54, 1.807) is 19.2 Å². The van der Waals surface area contributed by atoms with Gasteiger partial charge in [0.1, 0.15) is 0 Å². The summed E-state index contributed by atoms with van der Waals surface area (Å²) in [7, 11) is 6.09. The summed E-state index contributed by atoms with van der Waals surface area (Å²) in [5.41, 5.74) is 2.66. The Labute approximate surface area is 193 Å². The number of nitrogens with zero attached hydrogens (tertiary/aromatic N) is 4. The number of hydrogen-bond donors (Lipinski definition) is 3. The van der Waals surface area contributed by atoms with Gasteiger partial charge in [-0.3, -0.25) is 0 Å². The summed E-state index contributed by atoms with van der Waals surface area (Å²) in [6.07, 6.45) is -2.99. The van der Waals surface area contributed by atoms with Crippen LogP contribution in [0.1, 0.15) is 11.1 Å². The fourth-order valence-electron chi connectivity index (χ4n) is 2.84. The van der Waals surface area contributed by atoms with Gasteiger partial charge < -0.3 is 24.8 Å². The van der Waals surface area contributed by atoms with Crippen molar-refractivity contribution in [3.63, 3.8) is 0 Å². The van der Waals surface area contributed by atoms with Crippen molar-refractivity contribution in [3.8, 4) is 17.2 Å². The molecule has 0 saturated carbocycles. The van der Waals surface area contributed by atoms with Gasteiger partial charge in [-0.2, -0.15) is 33.2 Å². The molecule has 0 fully saturated rings. The van der Waals surface area contributed by atoms with Gasteiger partial charge in [0.25, 0.3) is 0 Å². The van der Waals surface area contributed by atoms with E-state index in [1.165, 1.54) is 39.7 Å². The smallest absolute Gasteiger partial charge is 0.416 e. The van der Waals surface area contributed by atoms with E-state index in [-0.39, 0.29) is 23.5 Å². The maximum absolute atomic E-state index is 13.0. The number of hydrogen-bond acceptors (Lipinski definition) is 10. The zero-order valence-corrected chi connectivity index (χ0v) is 18.7. The Morgan fingerprint density at radius 1 is 0.882 bits per heavy atom. The summed E-state index contributed by atoms with van der Waals surface area (Å²) in [5.74, 6) is 1.59. The molecule has 3 rings (SSSR count). The molecule has 0 aliphatic heterocycles. The van der Waals surface area contributed by atoms with E-state index in [0.29, 0.717) is 22.8 Å². The Kier molecular flexibility index (Phi) is 7.56. The number of methoxy groups -OCH3 is 3. The Morgan fingerprint density at radius 2 is 1.53 bits per heavy atom. The summed E-state index contributed by atoms with van der Waals surface area (Å²) in [6.45, 7) is 0. The fraction of sp³-hybridized carbons (Fsp3) is 0.238. The molecule has 3 aromatic rings. The summed E-state index contributed by atoms with van der Waals surface area (Å²) in [6, 6.07) is 8.07. The first-order valence-corrected chi connectivity index (χ1v) is 9.74. The number of anilines is 4. The minimum Gasteiger partial charge on any atom is -0.493 e. The van der Waals surface area contributed by atoms with Crippen LogP contribution in [0.3, 0.4) is 0 Å². The lowest BCUT2D eigenvalue weighted by atomic mass is 10.2. The van der Waals surface area contributed by atoms with Gasteiger partial charge in [-0.25, -0.2) is 5.43 Å². The molecule has 0 aliphatic rings. The van der Waals surface area contributed by atoms with Gasteiger partial charge in [-0.05, 0) is 30.3 Å². The van der Waals surface area contributed by atoms with Crippen molar-refractivity contribution < 1.29 is 27.4 Å². The van der Waals surface area contributed by atoms with Crippen LogP contribution in [0.25, 0.3) is 0 Å². The third-order valence-electron chi connectivity index (χ3n) is 4.37. The number of nitrogens with one attached hydrogen (secondary N) is 3. The minimum absolute atomic E-state index is 0.0177. The lowest BCUT2D eigenvalue weighted by Gasteiger charge is -2.12. The van der Waals surface area contributed by atoms with Gasteiger partial charge in [0.15, 0.2) is 11.5 Å². The molecule has 0 amide bonds. The first kappa shape index (κ1) is 24.4. The van der Waals surface area contributed by atoms with Gasteiger partial charge in [-0.1, -0.05) is 6.07 Å². The quantitative estimate of drug-likeness (QED) is 0.309. The SMILES string of the molecule is CNc1nc(N/N=C/c2cc(OC)c(OC)c(OC)c2)nc(Nc2cccc(C(F)(F)F)c2)n1. The molecule has 34 heavy (non-hydrogen) atoms. The zero-order valence-electron chi connectivity index (χ0n) is 18.7. The number of rotatable bonds is 9. The number of ether oxygens (including phenoxy) is 3. The first-order valence-electron chi connectivity index (χ1n) is 9.74. The largest absolute Gasteiger partial charge is 0.493 e. The number of halogens is 3. The maximum atomic E-state index is 13.0. The van der Waals surface area contributed by atoms with Crippen molar-refractivity contribution >= 4 is 29.7 Å². The van der Waals surface area contributed by atoms with Crippen molar-refractivity contribution in [1.29, 1.82) is 0 Å². The van der Waals surface area contributed by atoms with Crippen LogP contribution in [0.15, 0.2) is 41.5 Å². The van der Waals surface area contributed by atoms with E-state index in [4.69, 9.17) is 14.2 Å². The lowest BCUT2D eigenvalue weighted by Crippen LogP contribution is -2.08. The topological polar surface area (TPSA) is 115 Å². The predicted molar refractivity (Wildman–Crippen MR) is 121 cm³/mol. The van der Waals surface area contributed by atoms with Crippen molar-refractivity contribution in [1.82, 2.24) is 15.0 Å². The number of alkyl halides is 3. The second kappa shape index (κ2) is 10.6. The molecule has 1 aromatic heterocycles. The van der Waals surface area contributed by atoms with Gasteiger partial charge in [-0.15, -0.1) is 0 Å². The highest BCUT2D eigenvalue weighted by Crippen LogP contribution is 2.37. The summed E-state index contributed by atoms with van der Waals surface area (Å²) in [4.78, 5) is 12.4. The Morgan fingerprint density at radius 3 is 2.12 bits per heavy atom. The summed E-state index contributed by atoms with van der Waals surface area (Å²) < 4.78 is 54.8. The molecule has 13 heteroatoms. The normalized spacial score (nSPS) is 11.3. The number of aromatic nitrogens is 3. The Balaban J connectivity index is 1.81. The van der Waals surface area contributed by atoms with Crippen LogP contribution in [-0.2, 0) is 6.18 Å². The van der Waals surface area contributed by atoms with Crippen molar-refractivity contribution in [3.05, 3.63) is 47.5 Å². The van der Waals surface area contributed by atoms with Crippen LogP contribution in [-0.4, -0.2) is 49.5 Å². The molecule has 0 bridgehead atoms. The molecule has 0 aliphatic carbocycles. The lowest BCUT2D eigenvalue weighted by molar-refractivity contribution is -0.137. The van der Waals surface area contributed by atoms with Crippen LogP contribution in [0.2, 0.25) is 0 Å². The molecule has 1 heterocycles. The van der Waals surface area contributed by atoms with Crippen molar-refractivity contribution in [2.45, 2.75) is 6.18 Å². The highest BCUT2D eigenvalue weighted by Gasteiger charge is 2.30. The van der Waals surface area contributed by atoms with E-state index in [9.17, 15) is 13.2 Å². The zero-order chi connectivity index (χ0) is 24.7. The Bertz CT molecular complexity index is 1150. The number of benzene rings is 2. The van der Waals surface area contributed by atoms with Crippen LogP contribution in [0, 0.1) is 0 Å². The summed E-state index contributed by atoms with van der Waals surface area (Å²) >= 11 is 0. The standard InChI is InChI=1S/C21H22F3N7O3/c1-25-18-28-19(27-14-7-5-6-13(10-14)21(22,23)24)30-20(29-18)31-26-11-12-8-15(32-2)17(34-4)16(9-12)33-3/h5-11H,1-4H3,(H3,25,27,28,29,30,31)/b26-11+. The van der Waals surface area contributed by atoms with Crippen LogP contribution in [0.4, 0.5) is 36.7 Å². The summed E-state index contributed by atoms with van der Waals surface area (Å²) in [5, 5.41) is 9.60. The molecule has 2 aromatic carbocycles. The third-order valence-corrected chi connectivity index (χ3v) is 4.37. The molecule has 0 atom stereocenters. The van der Waals surface area contributed by atoms with Crippen LogP contribution < -0.4 is 30.3 Å². The van der Waals surface area contributed by atoms with Gasteiger partial charge in [0.2, 0.25) is 23.6 Å². The van der Waals surface area contributed by atoms with Crippen molar-refractivity contribution in [2.75, 3.05) is 44.4 Å². The van der Waals surface area contributed by atoms with Crippen LogP contribution >= 0.6 is 0 Å². The molecule has 0 unspecified atom stereocenters. The van der Waals surface area contributed by atoms with Crippen molar-refractivity contribution in [2.24, 2.45) is 5.10 Å². The average Bonchev–Trinajstić information content (AvgIpc) is 2.82. The molecule has 10 nitrogen and oxygen atoms in total. The second-order valence-corrected chi connectivity index (χ2v) is 6.59. The van der Waals surface area contributed by atoms with E-state index >= 15 is 0 Å². The average molecular weight is 477 g/mol. The highest BCUT2D eigenvalue weighted by atomic mass is 19.4. The monoisotopic (exact) mass is 477 g/mol.